The second kappa shape index (κ2) is 5.79. The fourth-order valence-corrected chi connectivity index (χ4v) is 3.12. The minimum Gasteiger partial charge on any atom is -0.383 e. The number of H-pyrrole nitrogens is 1. The summed E-state index contributed by atoms with van der Waals surface area (Å²) in [6.07, 6.45) is 0. The SMILES string of the molecule is COCC(C)N(C)S(=O)(=O)c1n[nH]c(C)c1CN. The molecule has 0 aliphatic rings. The molecular weight excluding hydrogens is 256 g/mol. The second-order valence-electron chi connectivity index (χ2n) is 4.16. The third kappa shape index (κ3) is 2.72. The van der Waals surface area contributed by atoms with Crippen LogP contribution < -0.4 is 5.73 Å². The predicted octanol–water partition coefficient (Wildman–Crippen LogP) is -0.168. The third-order valence-corrected chi connectivity index (χ3v) is 4.84. The Morgan fingerprint density at radius 1 is 1.56 bits per heavy atom. The van der Waals surface area contributed by atoms with Gasteiger partial charge in [0.2, 0.25) is 0 Å². The summed E-state index contributed by atoms with van der Waals surface area (Å²) in [6.45, 7) is 3.95. The van der Waals surface area contributed by atoms with Crippen LogP contribution in [-0.4, -0.2) is 49.7 Å². The number of nitrogens with one attached hydrogen (secondary N) is 1. The normalized spacial score (nSPS) is 14.1. The van der Waals surface area contributed by atoms with E-state index in [2.05, 4.69) is 10.2 Å². The molecule has 1 atom stereocenters. The average molecular weight is 276 g/mol. The zero-order valence-electron chi connectivity index (χ0n) is 11.1. The molecule has 7 nitrogen and oxygen atoms in total. The van der Waals surface area contributed by atoms with Gasteiger partial charge in [0.15, 0.2) is 5.03 Å². The van der Waals surface area contributed by atoms with Gasteiger partial charge in [-0.1, -0.05) is 0 Å². The Morgan fingerprint density at radius 3 is 2.67 bits per heavy atom. The minimum absolute atomic E-state index is 0.00652. The van der Waals surface area contributed by atoms with E-state index >= 15 is 0 Å². The van der Waals surface area contributed by atoms with E-state index in [1.807, 2.05) is 0 Å². The summed E-state index contributed by atoms with van der Waals surface area (Å²) in [5, 5.41) is 6.49. The molecule has 0 saturated carbocycles. The Bertz CT molecular complexity index is 497. The molecule has 0 spiro atoms. The quantitative estimate of drug-likeness (QED) is 0.751. The second-order valence-corrected chi connectivity index (χ2v) is 6.07. The number of sulfonamides is 1. The van der Waals surface area contributed by atoms with Crippen LogP contribution in [0.25, 0.3) is 0 Å². The zero-order valence-corrected chi connectivity index (χ0v) is 11.9. The van der Waals surface area contributed by atoms with Crippen molar-refractivity contribution >= 4 is 10.0 Å². The van der Waals surface area contributed by atoms with Crippen LogP contribution in [0.5, 0.6) is 0 Å². The van der Waals surface area contributed by atoms with Gasteiger partial charge in [0.25, 0.3) is 10.0 Å². The molecule has 1 aromatic rings. The minimum atomic E-state index is -3.65. The Balaban J connectivity index is 3.13. The first-order valence-corrected chi connectivity index (χ1v) is 7.01. The predicted molar refractivity (Wildman–Crippen MR) is 67.5 cm³/mol. The molecule has 3 N–H and O–H groups in total. The van der Waals surface area contributed by atoms with Crippen molar-refractivity contribution in [3.63, 3.8) is 0 Å². The lowest BCUT2D eigenvalue weighted by molar-refractivity contribution is 0.149. The number of likely N-dealkylation sites (N-methyl/N-ethyl adjacent to an activating group) is 1. The summed E-state index contributed by atoms with van der Waals surface area (Å²) in [4.78, 5) is 0. The van der Waals surface area contributed by atoms with Gasteiger partial charge in [0, 0.05) is 38.0 Å². The lowest BCUT2D eigenvalue weighted by Gasteiger charge is -2.22. The van der Waals surface area contributed by atoms with Gasteiger partial charge in [0.1, 0.15) is 0 Å². The number of hydrogen-bond acceptors (Lipinski definition) is 5. The van der Waals surface area contributed by atoms with Crippen LogP contribution in [0.1, 0.15) is 18.2 Å². The number of aromatic nitrogens is 2. The fraction of sp³-hybridized carbons (Fsp3) is 0.700. The van der Waals surface area contributed by atoms with Crippen molar-refractivity contribution in [2.24, 2.45) is 5.73 Å². The summed E-state index contributed by atoms with van der Waals surface area (Å²) in [5.74, 6) is 0. The Hall–Kier alpha value is -0.960. The van der Waals surface area contributed by atoms with E-state index in [0.717, 1.165) is 0 Å². The van der Waals surface area contributed by atoms with Gasteiger partial charge in [-0.25, -0.2) is 8.42 Å². The molecule has 0 bridgehead atoms. The van der Waals surface area contributed by atoms with E-state index in [1.165, 1.54) is 18.5 Å². The first-order chi connectivity index (χ1) is 8.36. The highest BCUT2D eigenvalue weighted by Crippen LogP contribution is 2.20. The van der Waals surface area contributed by atoms with Crippen LogP contribution in [0.2, 0.25) is 0 Å². The highest BCUT2D eigenvalue weighted by Gasteiger charge is 2.30. The summed E-state index contributed by atoms with van der Waals surface area (Å²) >= 11 is 0. The molecule has 1 unspecified atom stereocenters. The first kappa shape index (κ1) is 15.1. The van der Waals surface area contributed by atoms with Gasteiger partial charge in [0.05, 0.1) is 6.61 Å². The van der Waals surface area contributed by atoms with Gasteiger partial charge in [-0.15, -0.1) is 0 Å². The molecule has 104 valence electrons. The molecule has 0 saturated heterocycles. The van der Waals surface area contributed by atoms with Gasteiger partial charge >= 0.3 is 0 Å². The zero-order chi connectivity index (χ0) is 13.9. The van der Waals surface area contributed by atoms with Crippen molar-refractivity contribution in [2.45, 2.75) is 31.5 Å². The Labute approximate surface area is 107 Å². The van der Waals surface area contributed by atoms with E-state index < -0.39 is 10.0 Å². The summed E-state index contributed by atoms with van der Waals surface area (Å²) in [7, 11) is -0.619. The number of nitrogens with two attached hydrogens (primary N) is 1. The van der Waals surface area contributed by atoms with Crippen molar-refractivity contribution in [2.75, 3.05) is 20.8 Å². The number of methoxy groups -OCH3 is 1. The Kier molecular flexibility index (Phi) is 4.85. The molecular formula is C10H20N4O3S. The number of ether oxygens (including phenoxy) is 1. The van der Waals surface area contributed by atoms with Gasteiger partial charge in [-0.3, -0.25) is 5.10 Å². The third-order valence-electron chi connectivity index (χ3n) is 2.89. The summed E-state index contributed by atoms with van der Waals surface area (Å²) in [5.41, 5.74) is 6.75. The monoisotopic (exact) mass is 276 g/mol. The number of aryl methyl sites for hydroxylation is 1. The molecule has 0 aliphatic heterocycles. The molecule has 0 aliphatic carbocycles. The number of rotatable bonds is 6. The highest BCUT2D eigenvalue weighted by atomic mass is 32.2. The molecule has 0 amide bonds. The van der Waals surface area contributed by atoms with Gasteiger partial charge in [-0.2, -0.15) is 9.40 Å². The lowest BCUT2D eigenvalue weighted by atomic mass is 10.3. The van der Waals surface area contributed by atoms with E-state index in [-0.39, 0.29) is 17.6 Å². The number of aromatic amines is 1. The van der Waals surface area contributed by atoms with Crippen molar-refractivity contribution in [3.05, 3.63) is 11.3 Å². The van der Waals surface area contributed by atoms with E-state index in [1.54, 1.807) is 13.8 Å². The topological polar surface area (TPSA) is 101 Å². The number of nitrogens with zero attached hydrogens (tertiary/aromatic N) is 2. The molecule has 1 aromatic heterocycles. The summed E-state index contributed by atoms with van der Waals surface area (Å²) < 4.78 is 30.9. The van der Waals surface area contributed by atoms with Crippen molar-refractivity contribution in [1.29, 1.82) is 0 Å². The van der Waals surface area contributed by atoms with Crippen LogP contribution in [0.4, 0.5) is 0 Å². The van der Waals surface area contributed by atoms with Crippen molar-refractivity contribution < 1.29 is 13.2 Å². The molecule has 18 heavy (non-hydrogen) atoms. The maximum Gasteiger partial charge on any atom is 0.262 e. The van der Waals surface area contributed by atoms with Crippen LogP contribution in [-0.2, 0) is 21.3 Å². The summed E-state index contributed by atoms with van der Waals surface area (Å²) in [6, 6.07) is -0.275. The van der Waals surface area contributed by atoms with Crippen LogP contribution in [0.3, 0.4) is 0 Å². The van der Waals surface area contributed by atoms with Gasteiger partial charge in [-0.05, 0) is 13.8 Å². The van der Waals surface area contributed by atoms with E-state index in [0.29, 0.717) is 17.9 Å². The fourth-order valence-electron chi connectivity index (χ4n) is 1.60. The molecule has 0 radical (unpaired) electrons. The Morgan fingerprint density at radius 2 is 2.17 bits per heavy atom. The molecule has 0 fully saturated rings. The lowest BCUT2D eigenvalue weighted by Crippen LogP contribution is -2.38. The largest absolute Gasteiger partial charge is 0.383 e. The van der Waals surface area contributed by atoms with Gasteiger partial charge < -0.3 is 10.5 Å². The molecule has 8 heteroatoms. The number of hydrogen-bond donors (Lipinski definition) is 2. The first-order valence-electron chi connectivity index (χ1n) is 5.57. The van der Waals surface area contributed by atoms with E-state index in [4.69, 9.17) is 10.5 Å². The molecule has 1 rings (SSSR count). The molecule has 0 aromatic carbocycles. The standard InChI is InChI=1S/C10H20N4O3S/c1-7(6-17-4)14(3)18(15,16)10-9(5-11)8(2)12-13-10/h7H,5-6,11H2,1-4H3,(H,12,13). The maximum atomic E-state index is 12.4. The highest BCUT2D eigenvalue weighted by molar-refractivity contribution is 7.89. The smallest absolute Gasteiger partial charge is 0.262 e. The average Bonchev–Trinajstić information content (AvgIpc) is 2.70. The molecule has 1 heterocycles. The van der Waals surface area contributed by atoms with Crippen LogP contribution >= 0.6 is 0 Å². The van der Waals surface area contributed by atoms with Crippen molar-refractivity contribution in [1.82, 2.24) is 14.5 Å². The van der Waals surface area contributed by atoms with E-state index in [9.17, 15) is 8.42 Å². The van der Waals surface area contributed by atoms with Crippen LogP contribution in [0.15, 0.2) is 5.03 Å². The maximum absolute atomic E-state index is 12.4. The van der Waals surface area contributed by atoms with Crippen molar-refractivity contribution in [3.8, 4) is 0 Å². The van der Waals surface area contributed by atoms with Crippen LogP contribution in [0, 0.1) is 6.92 Å².